The highest BCUT2D eigenvalue weighted by Crippen LogP contribution is 2.48. The maximum absolute atomic E-state index is 12.5. The molecule has 0 saturated heterocycles. The van der Waals surface area contributed by atoms with E-state index in [0.717, 1.165) is 12.8 Å². The summed E-state index contributed by atoms with van der Waals surface area (Å²) < 4.78 is 24.0. The van der Waals surface area contributed by atoms with Crippen molar-refractivity contribution in [1.29, 1.82) is 0 Å². The van der Waals surface area contributed by atoms with Crippen LogP contribution in [0, 0.1) is 12.3 Å². The Morgan fingerprint density at radius 2 is 2.24 bits per heavy atom. The fourth-order valence-corrected chi connectivity index (χ4v) is 3.91. The van der Waals surface area contributed by atoms with E-state index in [4.69, 9.17) is 15.5 Å². The van der Waals surface area contributed by atoms with Crippen LogP contribution in [-0.2, 0) is 13.6 Å². The van der Waals surface area contributed by atoms with Crippen LogP contribution in [0.15, 0.2) is 17.5 Å². The summed E-state index contributed by atoms with van der Waals surface area (Å²) in [6.07, 6.45) is 7.44. The third-order valence-electron chi connectivity index (χ3n) is 2.04. The molecule has 1 atom stereocenters. The number of hydrogen-bond acceptors (Lipinski definition) is 4. The summed E-state index contributed by atoms with van der Waals surface area (Å²) in [7, 11) is -3.16. The van der Waals surface area contributed by atoms with Gasteiger partial charge in [-0.15, -0.1) is 23.7 Å². The average molecular weight is 272 g/mol. The second kappa shape index (κ2) is 7.68. The third-order valence-corrected chi connectivity index (χ3v) is 5.43. The van der Waals surface area contributed by atoms with Crippen LogP contribution in [0.5, 0.6) is 0 Å². The predicted molar refractivity (Wildman–Crippen MR) is 71.8 cm³/mol. The maximum Gasteiger partial charge on any atom is 0.371 e. The Morgan fingerprint density at radius 1 is 1.47 bits per heavy atom. The largest absolute Gasteiger partial charge is 0.371 e. The highest BCUT2D eigenvalue weighted by molar-refractivity contribution is 7.68. The van der Waals surface area contributed by atoms with Gasteiger partial charge in [0.2, 0.25) is 0 Å². The first-order valence-corrected chi connectivity index (χ1v) is 8.02. The first-order chi connectivity index (χ1) is 8.23. The van der Waals surface area contributed by atoms with Gasteiger partial charge in [-0.3, -0.25) is 4.57 Å². The molecule has 0 fully saturated rings. The molecule has 0 amide bonds. The quantitative estimate of drug-likeness (QED) is 0.413. The van der Waals surface area contributed by atoms with E-state index >= 15 is 0 Å². The van der Waals surface area contributed by atoms with Gasteiger partial charge in [0.25, 0.3) is 0 Å². The zero-order chi connectivity index (χ0) is 12.6. The van der Waals surface area contributed by atoms with Crippen LogP contribution in [-0.4, -0.2) is 13.2 Å². The van der Waals surface area contributed by atoms with Crippen molar-refractivity contribution in [3.63, 3.8) is 0 Å². The monoisotopic (exact) mass is 272 g/mol. The fourth-order valence-electron chi connectivity index (χ4n) is 1.14. The smallest absolute Gasteiger partial charge is 0.305 e. The number of rotatable bonds is 8. The van der Waals surface area contributed by atoms with Crippen molar-refractivity contribution in [1.82, 2.24) is 0 Å². The molecule has 1 heterocycles. The van der Waals surface area contributed by atoms with Crippen LogP contribution in [0.25, 0.3) is 0 Å². The summed E-state index contributed by atoms with van der Waals surface area (Å²) in [5.74, 6) is 2.45. The summed E-state index contributed by atoms with van der Waals surface area (Å²) in [6.45, 7) is 2.76. The van der Waals surface area contributed by atoms with E-state index in [1.54, 1.807) is 6.07 Å². The Labute approximate surface area is 107 Å². The minimum atomic E-state index is -3.16. The molecule has 17 heavy (non-hydrogen) atoms. The normalized spacial score (nSPS) is 14.1. The van der Waals surface area contributed by atoms with Gasteiger partial charge in [-0.2, -0.15) is 0 Å². The molecule has 0 aliphatic carbocycles. The Bertz CT molecular complexity index is 394. The summed E-state index contributed by atoms with van der Waals surface area (Å²) in [5, 5.41) is 1.86. The lowest BCUT2D eigenvalue weighted by molar-refractivity contribution is 0.215. The van der Waals surface area contributed by atoms with E-state index in [1.807, 2.05) is 11.4 Å². The molecule has 5 heteroatoms. The van der Waals surface area contributed by atoms with Crippen molar-refractivity contribution >= 4 is 23.6 Å². The van der Waals surface area contributed by atoms with Crippen molar-refractivity contribution in [3.05, 3.63) is 17.5 Å². The molecule has 0 aliphatic heterocycles. The molecule has 1 aromatic heterocycles. The Kier molecular flexibility index (Phi) is 6.54. The summed E-state index contributed by atoms with van der Waals surface area (Å²) in [4.78, 5) is 0. The number of hydrogen-bond donors (Lipinski definition) is 0. The van der Waals surface area contributed by atoms with Crippen molar-refractivity contribution in [2.75, 3.05) is 13.2 Å². The minimum absolute atomic E-state index is 0.262. The zero-order valence-electron chi connectivity index (χ0n) is 9.93. The molecular weight excluding hydrogens is 255 g/mol. The lowest BCUT2D eigenvalue weighted by atomic mass is 10.4. The number of unbranched alkanes of at least 4 members (excludes halogenated alkanes) is 1. The second-order valence-electron chi connectivity index (χ2n) is 3.42. The molecule has 0 radical (unpaired) electrons. The molecule has 3 nitrogen and oxygen atoms in total. The third kappa shape index (κ3) is 4.65. The Hall–Kier alpha value is -0.590. The highest BCUT2D eigenvalue weighted by Gasteiger charge is 2.28. The molecule has 0 spiro atoms. The van der Waals surface area contributed by atoms with Gasteiger partial charge in [0.05, 0.1) is 13.2 Å². The van der Waals surface area contributed by atoms with Crippen LogP contribution in [0.2, 0.25) is 0 Å². The lowest BCUT2D eigenvalue weighted by Gasteiger charge is -2.16. The maximum atomic E-state index is 12.5. The van der Waals surface area contributed by atoms with Crippen molar-refractivity contribution in [3.8, 4) is 12.3 Å². The van der Waals surface area contributed by atoms with Gasteiger partial charge in [0, 0.05) is 6.42 Å². The minimum Gasteiger partial charge on any atom is -0.305 e. The first-order valence-electron chi connectivity index (χ1n) is 5.59. The highest BCUT2D eigenvalue weighted by atomic mass is 32.1. The van der Waals surface area contributed by atoms with Crippen molar-refractivity contribution in [2.45, 2.75) is 26.2 Å². The van der Waals surface area contributed by atoms with Gasteiger partial charge in [0.1, 0.15) is 4.62 Å². The average Bonchev–Trinajstić information content (AvgIpc) is 2.84. The molecule has 0 aliphatic rings. The standard InChI is InChI=1S/C12H17O3PS/c1-3-5-9-14-16(13,15-10-6-4-2)12-8-7-11-17-12/h1,7-8,11H,4-6,9-10H2,2H3. The van der Waals surface area contributed by atoms with Crippen LogP contribution in [0.4, 0.5) is 0 Å². The zero-order valence-corrected chi connectivity index (χ0v) is 11.6. The summed E-state index contributed by atoms with van der Waals surface area (Å²) in [6, 6.07) is 3.60. The van der Waals surface area contributed by atoms with Gasteiger partial charge < -0.3 is 9.05 Å². The van der Waals surface area contributed by atoms with E-state index in [1.165, 1.54) is 11.3 Å². The molecule has 1 aromatic rings. The summed E-state index contributed by atoms with van der Waals surface area (Å²) >= 11 is 1.38. The van der Waals surface area contributed by atoms with E-state index in [9.17, 15) is 4.57 Å². The van der Waals surface area contributed by atoms with E-state index in [0.29, 0.717) is 17.6 Å². The molecule has 0 bridgehead atoms. The van der Waals surface area contributed by atoms with E-state index in [2.05, 4.69) is 12.8 Å². The van der Waals surface area contributed by atoms with Crippen LogP contribution >= 0.6 is 18.9 Å². The van der Waals surface area contributed by atoms with Gasteiger partial charge in [-0.1, -0.05) is 19.4 Å². The first kappa shape index (κ1) is 14.5. The molecular formula is C12H17O3PS. The molecule has 0 saturated carbocycles. The van der Waals surface area contributed by atoms with Gasteiger partial charge in [-0.25, -0.2) is 0 Å². The SMILES string of the molecule is C#CCCOP(=O)(OCCCC)c1cccs1. The number of terminal acetylenes is 1. The van der Waals surface area contributed by atoms with E-state index < -0.39 is 7.60 Å². The van der Waals surface area contributed by atoms with Crippen LogP contribution in [0.1, 0.15) is 26.2 Å². The molecule has 0 N–H and O–H groups in total. The number of thiophene rings is 1. The topological polar surface area (TPSA) is 35.5 Å². The predicted octanol–water partition coefficient (Wildman–Crippen LogP) is 3.42. The summed E-state index contributed by atoms with van der Waals surface area (Å²) in [5.41, 5.74) is 0. The fraction of sp³-hybridized carbons (Fsp3) is 0.500. The van der Waals surface area contributed by atoms with Crippen molar-refractivity contribution in [2.24, 2.45) is 0 Å². The van der Waals surface area contributed by atoms with Crippen molar-refractivity contribution < 1.29 is 13.6 Å². The van der Waals surface area contributed by atoms with Crippen LogP contribution in [0.3, 0.4) is 0 Å². The van der Waals surface area contributed by atoms with Gasteiger partial charge >= 0.3 is 7.60 Å². The Morgan fingerprint density at radius 3 is 2.82 bits per heavy atom. The lowest BCUT2D eigenvalue weighted by Crippen LogP contribution is -2.08. The Balaban J connectivity index is 2.64. The van der Waals surface area contributed by atoms with Crippen LogP contribution < -0.4 is 4.62 Å². The molecule has 1 unspecified atom stereocenters. The molecule has 1 rings (SSSR count). The van der Waals surface area contributed by atoms with Gasteiger partial charge in [-0.05, 0) is 17.9 Å². The molecule has 94 valence electrons. The second-order valence-corrected chi connectivity index (χ2v) is 6.67. The van der Waals surface area contributed by atoms with Gasteiger partial charge in [0.15, 0.2) is 0 Å². The van der Waals surface area contributed by atoms with E-state index in [-0.39, 0.29) is 6.61 Å². The molecule has 0 aromatic carbocycles.